The summed E-state index contributed by atoms with van der Waals surface area (Å²) in [4.78, 5) is 6.83. The van der Waals surface area contributed by atoms with Gasteiger partial charge in [-0.25, -0.2) is 4.98 Å². The van der Waals surface area contributed by atoms with Gasteiger partial charge in [0.1, 0.15) is 5.82 Å². The maximum Gasteiger partial charge on any atom is 0.128 e. The van der Waals surface area contributed by atoms with Crippen LogP contribution >= 0.6 is 12.4 Å². The quantitative estimate of drug-likeness (QED) is 0.859. The number of rotatable bonds is 2. The summed E-state index contributed by atoms with van der Waals surface area (Å²) in [5, 5.41) is 3.35. The zero-order chi connectivity index (χ0) is 10.7. The molecule has 0 aliphatic carbocycles. The van der Waals surface area contributed by atoms with Gasteiger partial charge >= 0.3 is 0 Å². The van der Waals surface area contributed by atoms with E-state index >= 15 is 0 Å². The van der Waals surface area contributed by atoms with Gasteiger partial charge in [0.25, 0.3) is 0 Å². The Morgan fingerprint density at radius 1 is 1.44 bits per heavy atom. The second-order valence-corrected chi connectivity index (χ2v) is 4.27. The number of hydrogen-bond donors (Lipinski definition) is 1. The van der Waals surface area contributed by atoms with Crippen LogP contribution in [0.4, 0.5) is 5.82 Å². The molecule has 1 N–H and O–H groups in total. The number of likely N-dealkylation sites (N-methyl/N-ethyl adjacent to an activating group) is 1. The van der Waals surface area contributed by atoms with E-state index in [1.807, 2.05) is 13.2 Å². The van der Waals surface area contributed by atoms with E-state index in [1.54, 1.807) is 0 Å². The molecule has 2 rings (SSSR count). The van der Waals surface area contributed by atoms with Crippen LogP contribution in [0.5, 0.6) is 0 Å². The lowest BCUT2D eigenvalue weighted by atomic mass is 10.1. The molecule has 3 nitrogen and oxygen atoms in total. The number of hydrogen-bond acceptors (Lipinski definition) is 3. The van der Waals surface area contributed by atoms with Crippen LogP contribution in [0.3, 0.4) is 0 Å². The first-order valence-electron chi connectivity index (χ1n) is 5.64. The van der Waals surface area contributed by atoms with Crippen molar-refractivity contribution >= 4 is 18.2 Å². The zero-order valence-corrected chi connectivity index (χ0v) is 10.8. The van der Waals surface area contributed by atoms with Crippen molar-refractivity contribution in [1.29, 1.82) is 0 Å². The van der Waals surface area contributed by atoms with Crippen LogP contribution < -0.4 is 10.2 Å². The fourth-order valence-corrected chi connectivity index (χ4v) is 2.07. The molecule has 4 heteroatoms. The van der Waals surface area contributed by atoms with Crippen molar-refractivity contribution in [2.24, 2.45) is 0 Å². The molecule has 1 fully saturated rings. The lowest BCUT2D eigenvalue weighted by Gasteiger charge is -2.33. The molecule has 0 radical (unpaired) electrons. The fourth-order valence-electron chi connectivity index (χ4n) is 2.07. The van der Waals surface area contributed by atoms with Crippen molar-refractivity contribution in [2.45, 2.75) is 25.8 Å². The van der Waals surface area contributed by atoms with Gasteiger partial charge in [-0.2, -0.15) is 0 Å². The van der Waals surface area contributed by atoms with Crippen LogP contribution in [0.15, 0.2) is 18.3 Å². The first-order chi connectivity index (χ1) is 7.29. The van der Waals surface area contributed by atoms with E-state index in [0.717, 1.165) is 18.9 Å². The van der Waals surface area contributed by atoms with E-state index in [0.29, 0.717) is 6.04 Å². The fraction of sp³-hybridized carbons (Fsp3) is 0.583. The number of pyridine rings is 1. The number of aromatic nitrogens is 1. The Balaban J connectivity index is 0.00000128. The van der Waals surface area contributed by atoms with Gasteiger partial charge in [0.15, 0.2) is 0 Å². The first kappa shape index (κ1) is 13.3. The first-order valence-corrected chi connectivity index (χ1v) is 5.64. The second kappa shape index (κ2) is 6.06. The third-order valence-electron chi connectivity index (χ3n) is 3.05. The van der Waals surface area contributed by atoms with Gasteiger partial charge in [-0.1, -0.05) is 6.07 Å². The Bertz CT molecular complexity index is 313. The highest BCUT2D eigenvalue weighted by Crippen LogP contribution is 2.17. The van der Waals surface area contributed by atoms with Crippen molar-refractivity contribution in [3.05, 3.63) is 23.9 Å². The van der Waals surface area contributed by atoms with Gasteiger partial charge in [0.05, 0.1) is 0 Å². The second-order valence-electron chi connectivity index (χ2n) is 4.27. The topological polar surface area (TPSA) is 28.2 Å². The number of anilines is 1. The average Bonchev–Trinajstić information content (AvgIpc) is 2.30. The normalized spacial score (nSPS) is 20.4. The molecule has 1 unspecified atom stereocenters. The third kappa shape index (κ3) is 3.09. The summed E-state index contributed by atoms with van der Waals surface area (Å²) >= 11 is 0. The third-order valence-corrected chi connectivity index (χ3v) is 3.05. The molecule has 1 aromatic heterocycles. The summed E-state index contributed by atoms with van der Waals surface area (Å²) in [5.41, 5.74) is 1.22. The molecule has 0 bridgehead atoms. The molecule has 1 saturated heterocycles. The van der Waals surface area contributed by atoms with Gasteiger partial charge in [0, 0.05) is 25.3 Å². The van der Waals surface area contributed by atoms with Crippen LogP contribution in [-0.4, -0.2) is 31.2 Å². The minimum absolute atomic E-state index is 0. The molecule has 1 atom stereocenters. The molecule has 0 aromatic carbocycles. The number of aryl methyl sites for hydroxylation is 1. The summed E-state index contributed by atoms with van der Waals surface area (Å²) in [6.45, 7) is 4.28. The summed E-state index contributed by atoms with van der Waals surface area (Å²) in [6, 6.07) is 4.86. The Kier molecular flexibility index (Phi) is 5.03. The Labute approximate surface area is 104 Å². The molecule has 16 heavy (non-hydrogen) atoms. The Morgan fingerprint density at radius 3 is 2.88 bits per heavy atom. The predicted molar refractivity (Wildman–Crippen MR) is 70.5 cm³/mol. The molecule has 0 spiro atoms. The Hall–Kier alpha value is -0.800. The van der Waals surface area contributed by atoms with Gasteiger partial charge in [-0.3, -0.25) is 0 Å². The van der Waals surface area contributed by atoms with E-state index < -0.39 is 0 Å². The minimum atomic E-state index is 0. The van der Waals surface area contributed by atoms with Gasteiger partial charge in [-0.15, -0.1) is 12.4 Å². The molecular weight excluding hydrogens is 222 g/mol. The van der Waals surface area contributed by atoms with Crippen molar-refractivity contribution in [3.63, 3.8) is 0 Å². The molecule has 90 valence electrons. The number of piperidine rings is 1. The number of halogens is 1. The van der Waals surface area contributed by atoms with Crippen LogP contribution in [0, 0.1) is 6.92 Å². The van der Waals surface area contributed by atoms with Crippen LogP contribution in [0.2, 0.25) is 0 Å². The smallest absolute Gasteiger partial charge is 0.128 e. The largest absolute Gasteiger partial charge is 0.355 e. The Morgan fingerprint density at radius 2 is 2.25 bits per heavy atom. The molecule has 0 amide bonds. The van der Waals surface area contributed by atoms with E-state index in [2.05, 4.69) is 34.3 Å². The summed E-state index contributed by atoms with van der Waals surface area (Å²) in [5.74, 6) is 1.11. The van der Waals surface area contributed by atoms with E-state index in [1.165, 1.54) is 18.4 Å². The molecule has 1 aromatic rings. The number of nitrogens with zero attached hydrogens (tertiary/aromatic N) is 2. The van der Waals surface area contributed by atoms with Gasteiger partial charge in [-0.05, 0) is 38.4 Å². The van der Waals surface area contributed by atoms with Crippen molar-refractivity contribution in [1.82, 2.24) is 10.3 Å². The lowest BCUT2D eigenvalue weighted by Crippen LogP contribution is -2.44. The molecule has 0 saturated carbocycles. The highest BCUT2D eigenvalue weighted by atomic mass is 35.5. The van der Waals surface area contributed by atoms with E-state index in [-0.39, 0.29) is 12.4 Å². The highest BCUT2D eigenvalue weighted by Gasteiger charge is 2.18. The predicted octanol–water partition coefficient (Wildman–Crippen LogP) is 2.00. The molecule has 1 aliphatic rings. The highest BCUT2D eigenvalue weighted by molar-refractivity contribution is 5.85. The van der Waals surface area contributed by atoms with Gasteiger partial charge < -0.3 is 10.2 Å². The van der Waals surface area contributed by atoms with Crippen molar-refractivity contribution in [2.75, 3.05) is 25.0 Å². The minimum Gasteiger partial charge on any atom is -0.355 e. The maximum atomic E-state index is 4.47. The summed E-state index contributed by atoms with van der Waals surface area (Å²) in [7, 11) is 2.04. The lowest BCUT2D eigenvalue weighted by molar-refractivity contribution is 0.447. The molecular formula is C12H20ClN3. The average molecular weight is 242 g/mol. The standard InChI is InChI=1S/C12H19N3.ClH/c1-10-5-6-12(14-8-10)15-7-3-4-11(9-15)13-2;/h5-6,8,11,13H,3-4,7,9H2,1-2H3;1H. The van der Waals surface area contributed by atoms with Crippen LogP contribution in [-0.2, 0) is 0 Å². The van der Waals surface area contributed by atoms with Crippen LogP contribution in [0.1, 0.15) is 18.4 Å². The van der Waals surface area contributed by atoms with Crippen molar-refractivity contribution < 1.29 is 0 Å². The maximum absolute atomic E-state index is 4.47. The summed E-state index contributed by atoms with van der Waals surface area (Å²) in [6.07, 6.45) is 4.47. The monoisotopic (exact) mass is 241 g/mol. The van der Waals surface area contributed by atoms with Crippen LogP contribution in [0.25, 0.3) is 0 Å². The SMILES string of the molecule is CNC1CCCN(c2ccc(C)cn2)C1.Cl. The van der Waals surface area contributed by atoms with E-state index in [4.69, 9.17) is 0 Å². The molecule has 2 heterocycles. The van der Waals surface area contributed by atoms with E-state index in [9.17, 15) is 0 Å². The van der Waals surface area contributed by atoms with Gasteiger partial charge in [0.2, 0.25) is 0 Å². The molecule has 1 aliphatic heterocycles. The van der Waals surface area contributed by atoms with Crippen molar-refractivity contribution in [3.8, 4) is 0 Å². The zero-order valence-electron chi connectivity index (χ0n) is 9.94. The number of nitrogens with one attached hydrogen (secondary N) is 1. The summed E-state index contributed by atoms with van der Waals surface area (Å²) < 4.78 is 0.